The van der Waals surface area contributed by atoms with E-state index in [4.69, 9.17) is 33.2 Å². The molecule has 2 aromatic rings. The van der Waals surface area contributed by atoms with Crippen LogP contribution in [0.1, 0.15) is 74.8 Å². The van der Waals surface area contributed by atoms with E-state index in [2.05, 4.69) is 6.07 Å². The van der Waals surface area contributed by atoms with Gasteiger partial charge >= 0.3 is 23.9 Å². The van der Waals surface area contributed by atoms with Crippen LogP contribution in [0, 0.1) is 0 Å². The molecule has 0 aromatic heterocycles. The summed E-state index contributed by atoms with van der Waals surface area (Å²) < 4.78 is 39.9. The minimum absolute atomic E-state index is 0.279. The van der Waals surface area contributed by atoms with Gasteiger partial charge in [-0.1, -0.05) is 24.3 Å². The Hall–Kier alpha value is -4.12. The lowest BCUT2D eigenvalue weighted by molar-refractivity contribution is -0.254. The average molecular weight is 597 g/mol. The van der Waals surface area contributed by atoms with Crippen molar-refractivity contribution >= 4 is 23.9 Å². The van der Waals surface area contributed by atoms with E-state index in [9.17, 15) is 19.2 Å². The maximum atomic E-state index is 12.3. The molecule has 0 radical (unpaired) electrons. The molecule has 0 bridgehead atoms. The summed E-state index contributed by atoms with van der Waals surface area (Å²) >= 11 is 0. The smallest absolute Gasteiger partial charge is 0.303 e. The zero-order valence-corrected chi connectivity index (χ0v) is 24.7. The van der Waals surface area contributed by atoms with Crippen LogP contribution in [-0.4, -0.2) is 68.1 Å². The van der Waals surface area contributed by atoms with E-state index in [1.54, 1.807) is 0 Å². The Morgan fingerprint density at radius 2 is 1.40 bits per heavy atom. The van der Waals surface area contributed by atoms with Crippen LogP contribution in [0.3, 0.4) is 0 Å². The van der Waals surface area contributed by atoms with Gasteiger partial charge in [0, 0.05) is 27.7 Å². The van der Waals surface area contributed by atoms with E-state index in [-0.39, 0.29) is 6.61 Å². The van der Waals surface area contributed by atoms with E-state index in [1.165, 1.54) is 33.3 Å². The molecule has 2 heterocycles. The lowest BCUT2D eigenvalue weighted by atomic mass is 9.87. The molecule has 1 saturated heterocycles. The van der Waals surface area contributed by atoms with Gasteiger partial charge in [0.05, 0.1) is 0 Å². The van der Waals surface area contributed by atoms with Crippen LogP contribution >= 0.6 is 0 Å². The molecular weight excluding hydrogens is 560 g/mol. The van der Waals surface area contributed by atoms with Gasteiger partial charge in [-0.15, -0.1) is 0 Å². The second kappa shape index (κ2) is 13.0. The molecule has 11 nitrogen and oxygen atoms in total. The molecule has 11 heteroatoms. The van der Waals surface area contributed by atoms with Crippen molar-refractivity contribution < 1.29 is 52.3 Å². The van der Waals surface area contributed by atoms with Gasteiger partial charge in [-0.05, 0) is 59.6 Å². The van der Waals surface area contributed by atoms with Crippen molar-refractivity contribution in [1.29, 1.82) is 0 Å². The summed E-state index contributed by atoms with van der Waals surface area (Å²) in [5.41, 5.74) is 3.97. The van der Waals surface area contributed by atoms with Crippen molar-refractivity contribution in [2.45, 2.75) is 83.4 Å². The van der Waals surface area contributed by atoms with Gasteiger partial charge in [-0.25, -0.2) is 0 Å². The molecule has 2 aromatic carbocycles. The Morgan fingerprint density at radius 3 is 2.05 bits per heavy atom. The van der Waals surface area contributed by atoms with E-state index >= 15 is 0 Å². The summed E-state index contributed by atoms with van der Waals surface area (Å²) in [6, 6.07) is 11.9. The highest BCUT2D eigenvalue weighted by molar-refractivity contribution is 5.69. The molecule has 0 spiro atoms. The fourth-order valence-electron chi connectivity index (χ4n) is 5.66. The summed E-state index contributed by atoms with van der Waals surface area (Å²) in [5, 5.41) is 0. The van der Waals surface area contributed by atoms with E-state index in [1.807, 2.05) is 30.3 Å². The quantitative estimate of drug-likeness (QED) is 0.310. The van der Waals surface area contributed by atoms with Gasteiger partial charge in [0.1, 0.15) is 32.0 Å². The molecule has 1 unspecified atom stereocenters. The molecule has 43 heavy (non-hydrogen) atoms. The number of hydrogen-bond acceptors (Lipinski definition) is 11. The number of rotatable bonds is 9. The SMILES string of the molecule is CC(=O)OC[C@H]1O[C@@H](c2ccc(C3CC3)c(Cc3ccc4c(c3)OCCO4)c2)[C@H](OC(C)=O)[C@@H](OC(C)=O)C1OC(C)=O. The Labute approximate surface area is 249 Å². The highest BCUT2D eigenvalue weighted by atomic mass is 16.7. The molecule has 1 aliphatic carbocycles. The first-order valence-corrected chi connectivity index (χ1v) is 14.4. The zero-order chi connectivity index (χ0) is 30.7. The summed E-state index contributed by atoms with van der Waals surface area (Å²) in [4.78, 5) is 48.3. The number of hydrogen-bond donors (Lipinski definition) is 0. The first kappa shape index (κ1) is 30.3. The van der Waals surface area contributed by atoms with Crippen LogP contribution in [0.4, 0.5) is 0 Å². The molecule has 5 atom stereocenters. The number of fused-ring (bicyclic) bond motifs is 1. The summed E-state index contributed by atoms with van der Waals surface area (Å²) in [7, 11) is 0. The standard InChI is InChI=1S/C32H36O11/c1-17(33)39-16-28-30(40-18(2)34)32(42-20(4)36)31(41-19(3)35)29(43-28)23-8-9-25(22-6-7-22)24(15-23)13-21-5-10-26-27(14-21)38-12-11-37-26/h5,8-10,14-15,22,28-32H,6-7,11-13,16H2,1-4H3/t28-,29+,30?,31+,32+/m1/s1. The zero-order valence-electron chi connectivity index (χ0n) is 24.7. The normalized spacial score (nSPS) is 24.4. The number of carbonyl (C=O) groups excluding carboxylic acids is 4. The maximum Gasteiger partial charge on any atom is 0.303 e. The molecule has 0 amide bonds. The van der Waals surface area contributed by atoms with Crippen LogP contribution in [0.2, 0.25) is 0 Å². The lowest BCUT2D eigenvalue weighted by Gasteiger charge is -2.44. The molecule has 5 rings (SSSR count). The summed E-state index contributed by atoms with van der Waals surface area (Å²) in [6.45, 7) is 5.60. The third kappa shape index (κ3) is 7.45. The second-order valence-corrected chi connectivity index (χ2v) is 11.0. The molecule has 2 aliphatic heterocycles. The molecule has 1 saturated carbocycles. The number of benzene rings is 2. The van der Waals surface area contributed by atoms with Gasteiger partial charge in [0.25, 0.3) is 0 Å². The number of ether oxygens (including phenoxy) is 7. The van der Waals surface area contributed by atoms with E-state index < -0.39 is 54.4 Å². The van der Waals surface area contributed by atoms with Crippen molar-refractivity contribution in [3.63, 3.8) is 0 Å². The summed E-state index contributed by atoms with van der Waals surface area (Å²) in [6.07, 6.45) is -2.77. The molecular formula is C32H36O11. The van der Waals surface area contributed by atoms with Gasteiger partial charge < -0.3 is 33.2 Å². The fraction of sp³-hybridized carbons (Fsp3) is 0.500. The Kier molecular flexibility index (Phi) is 9.19. The predicted octanol–water partition coefficient (Wildman–Crippen LogP) is 3.72. The van der Waals surface area contributed by atoms with Crippen molar-refractivity contribution in [1.82, 2.24) is 0 Å². The monoisotopic (exact) mass is 596 g/mol. The lowest BCUT2D eigenvalue weighted by Crippen LogP contribution is -2.59. The van der Waals surface area contributed by atoms with Crippen molar-refractivity contribution in [2.75, 3.05) is 19.8 Å². The first-order valence-electron chi connectivity index (χ1n) is 14.4. The second-order valence-electron chi connectivity index (χ2n) is 11.0. The van der Waals surface area contributed by atoms with Gasteiger partial charge in [-0.3, -0.25) is 19.2 Å². The minimum atomic E-state index is -1.23. The number of esters is 4. The third-order valence-electron chi connectivity index (χ3n) is 7.50. The number of carbonyl (C=O) groups is 4. The predicted molar refractivity (Wildman–Crippen MR) is 150 cm³/mol. The van der Waals surface area contributed by atoms with Crippen LogP contribution in [0.15, 0.2) is 36.4 Å². The summed E-state index contributed by atoms with van der Waals surface area (Å²) in [5.74, 6) is -0.693. The Balaban J connectivity index is 1.54. The topological polar surface area (TPSA) is 133 Å². The molecule has 230 valence electrons. The van der Waals surface area contributed by atoms with Crippen LogP contribution in [0.5, 0.6) is 11.5 Å². The van der Waals surface area contributed by atoms with Gasteiger partial charge in [0.15, 0.2) is 29.8 Å². The molecule has 3 aliphatic rings. The maximum absolute atomic E-state index is 12.3. The molecule has 0 N–H and O–H groups in total. The Morgan fingerprint density at radius 1 is 0.744 bits per heavy atom. The van der Waals surface area contributed by atoms with Crippen molar-refractivity contribution in [3.8, 4) is 11.5 Å². The minimum Gasteiger partial charge on any atom is -0.486 e. The average Bonchev–Trinajstić information content (AvgIpc) is 3.79. The van der Waals surface area contributed by atoms with Crippen LogP contribution in [-0.2, 0) is 49.3 Å². The highest BCUT2D eigenvalue weighted by Crippen LogP contribution is 2.45. The van der Waals surface area contributed by atoms with Crippen LogP contribution < -0.4 is 9.47 Å². The van der Waals surface area contributed by atoms with Gasteiger partial charge in [-0.2, -0.15) is 0 Å². The van der Waals surface area contributed by atoms with Crippen LogP contribution in [0.25, 0.3) is 0 Å². The highest BCUT2D eigenvalue weighted by Gasteiger charge is 2.52. The third-order valence-corrected chi connectivity index (χ3v) is 7.50. The van der Waals surface area contributed by atoms with Gasteiger partial charge in [0.2, 0.25) is 0 Å². The fourth-order valence-corrected chi connectivity index (χ4v) is 5.66. The van der Waals surface area contributed by atoms with Crippen molar-refractivity contribution in [3.05, 3.63) is 58.7 Å². The van der Waals surface area contributed by atoms with E-state index in [0.29, 0.717) is 42.6 Å². The van der Waals surface area contributed by atoms with E-state index in [0.717, 1.165) is 24.0 Å². The Bertz CT molecular complexity index is 1380. The largest absolute Gasteiger partial charge is 0.486 e. The molecule has 2 fully saturated rings. The van der Waals surface area contributed by atoms with Crippen molar-refractivity contribution in [2.24, 2.45) is 0 Å². The first-order chi connectivity index (χ1) is 20.6.